The second-order valence-corrected chi connectivity index (χ2v) is 6.51. The third kappa shape index (κ3) is 4.83. The number of thioether (sulfide) groups is 1. The maximum absolute atomic E-state index is 6.06. The summed E-state index contributed by atoms with van der Waals surface area (Å²) in [5, 5.41) is 0. The largest absolute Gasteiger partial charge is 0.329 e. The van der Waals surface area contributed by atoms with Crippen LogP contribution >= 0.6 is 11.8 Å². The van der Waals surface area contributed by atoms with E-state index in [0.29, 0.717) is 12.6 Å². The van der Waals surface area contributed by atoms with Crippen molar-refractivity contribution in [1.82, 2.24) is 4.90 Å². The Balaban J connectivity index is 2.64. The fourth-order valence-electron chi connectivity index (χ4n) is 2.37. The van der Waals surface area contributed by atoms with Crippen LogP contribution in [0.3, 0.4) is 0 Å². The Labute approximate surface area is 122 Å². The Kier molecular flexibility index (Phi) is 6.90. The molecule has 2 atom stereocenters. The number of nitrogens with two attached hydrogens (primary N) is 1. The van der Waals surface area contributed by atoms with Gasteiger partial charge in [0.1, 0.15) is 0 Å². The van der Waals surface area contributed by atoms with Gasteiger partial charge in [0, 0.05) is 23.9 Å². The maximum atomic E-state index is 6.06. The Bertz CT molecular complexity index is 355. The van der Waals surface area contributed by atoms with E-state index >= 15 is 0 Å². The third-order valence-electron chi connectivity index (χ3n) is 4.16. The Morgan fingerprint density at radius 3 is 2.47 bits per heavy atom. The first-order valence-corrected chi connectivity index (χ1v) is 8.38. The molecule has 2 unspecified atom stereocenters. The minimum Gasteiger partial charge on any atom is -0.329 e. The topological polar surface area (TPSA) is 29.3 Å². The summed E-state index contributed by atoms with van der Waals surface area (Å²) in [6.07, 6.45) is 4.35. The molecule has 0 amide bonds. The van der Waals surface area contributed by atoms with E-state index in [0.717, 1.165) is 18.6 Å². The fourth-order valence-corrected chi connectivity index (χ4v) is 3.07. The summed E-state index contributed by atoms with van der Waals surface area (Å²) >= 11 is 1.90. The molecule has 0 bridgehead atoms. The molecule has 3 heteroatoms. The lowest BCUT2D eigenvalue weighted by molar-refractivity contribution is 0.102. The minimum absolute atomic E-state index is 0.0744. The lowest BCUT2D eigenvalue weighted by Crippen LogP contribution is -2.54. The van der Waals surface area contributed by atoms with Crippen LogP contribution in [-0.2, 0) is 6.42 Å². The molecule has 1 rings (SSSR count). The molecule has 19 heavy (non-hydrogen) atoms. The van der Waals surface area contributed by atoms with E-state index < -0.39 is 0 Å². The van der Waals surface area contributed by atoms with Crippen LogP contribution in [0.25, 0.3) is 0 Å². The van der Waals surface area contributed by atoms with Crippen LogP contribution in [0.4, 0.5) is 0 Å². The SMILES string of the molecule is CSCC(C)N(C)C(C)(CN)CCc1ccccc1. The first kappa shape index (κ1) is 16.5. The highest BCUT2D eigenvalue weighted by atomic mass is 32.2. The van der Waals surface area contributed by atoms with Crippen molar-refractivity contribution in [3.05, 3.63) is 35.9 Å². The van der Waals surface area contributed by atoms with E-state index in [2.05, 4.69) is 62.4 Å². The molecule has 2 N–H and O–H groups in total. The van der Waals surface area contributed by atoms with Crippen LogP contribution in [0.2, 0.25) is 0 Å². The van der Waals surface area contributed by atoms with E-state index in [1.54, 1.807) is 0 Å². The Morgan fingerprint density at radius 2 is 1.95 bits per heavy atom. The Hall–Kier alpha value is -0.510. The van der Waals surface area contributed by atoms with Gasteiger partial charge < -0.3 is 5.73 Å². The van der Waals surface area contributed by atoms with Gasteiger partial charge in [0.25, 0.3) is 0 Å². The average Bonchev–Trinajstić information content (AvgIpc) is 2.45. The van der Waals surface area contributed by atoms with Crippen molar-refractivity contribution in [2.45, 2.75) is 38.3 Å². The maximum Gasteiger partial charge on any atom is 0.0306 e. The van der Waals surface area contributed by atoms with Crippen LogP contribution in [0.1, 0.15) is 25.8 Å². The van der Waals surface area contributed by atoms with Crippen molar-refractivity contribution in [2.24, 2.45) is 5.73 Å². The van der Waals surface area contributed by atoms with Gasteiger partial charge in [-0.3, -0.25) is 4.90 Å². The monoisotopic (exact) mass is 280 g/mol. The summed E-state index contributed by atoms with van der Waals surface area (Å²) in [7, 11) is 2.21. The number of hydrogen-bond donors (Lipinski definition) is 1. The summed E-state index contributed by atoms with van der Waals surface area (Å²) in [6, 6.07) is 11.2. The average molecular weight is 280 g/mol. The normalized spacial score (nSPS) is 16.3. The third-order valence-corrected chi connectivity index (χ3v) is 4.97. The Morgan fingerprint density at radius 1 is 1.32 bits per heavy atom. The number of rotatable bonds is 8. The summed E-state index contributed by atoms with van der Waals surface area (Å²) in [6.45, 7) is 5.27. The summed E-state index contributed by atoms with van der Waals surface area (Å²) in [5.41, 5.74) is 7.53. The van der Waals surface area contributed by atoms with Crippen molar-refractivity contribution in [3.63, 3.8) is 0 Å². The summed E-state index contributed by atoms with van der Waals surface area (Å²) in [5.74, 6) is 1.15. The van der Waals surface area contributed by atoms with Crippen molar-refractivity contribution in [2.75, 3.05) is 25.6 Å². The van der Waals surface area contributed by atoms with Crippen LogP contribution < -0.4 is 5.73 Å². The molecule has 1 aromatic rings. The molecule has 0 saturated heterocycles. The van der Waals surface area contributed by atoms with Gasteiger partial charge in [0.2, 0.25) is 0 Å². The van der Waals surface area contributed by atoms with Gasteiger partial charge in [-0.1, -0.05) is 30.3 Å². The van der Waals surface area contributed by atoms with Gasteiger partial charge in [0.15, 0.2) is 0 Å². The standard InChI is InChI=1S/C16H28N2S/c1-14(12-19-4)18(3)16(2,13-17)11-10-15-8-6-5-7-9-15/h5-9,14H,10-13,17H2,1-4H3. The van der Waals surface area contributed by atoms with Crippen LogP contribution in [0, 0.1) is 0 Å². The zero-order chi connectivity index (χ0) is 14.3. The molecule has 0 aliphatic rings. The molecular formula is C16H28N2S. The number of hydrogen-bond acceptors (Lipinski definition) is 3. The zero-order valence-electron chi connectivity index (χ0n) is 12.7. The quantitative estimate of drug-likeness (QED) is 0.793. The smallest absolute Gasteiger partial charge is 0.0306 e. The van der Waals surface area contributed by atoms with E-state index in [1.807, 2.05) is 11.8 Å². The van der Waals surface area contributed by atoms with E-state index in [9.17, 15) is 0 Å². The molecule has 0 aliphatic carbocycles. The molecular weight excluding hydrogens is 252 g/mol. The molecule has 0 fully saturated rings. The second kappa shape index (κ2) is 7.93. The first-order valence-electron chi connectivity index (χ1n) is 6.99. The van der Waals surface area contributed by atoms with Gasteiger partial charge >= 0.3 is 0 Å². The predicted molar refractivity (Wildman–Crippen MR) is 87.8 cm³/mol. The van der Waals surface area contributed by atoms with Crippen molar-refractivity contribution < 1.29 is 0 Å². The summed E-state index contributed by atoms with van der Waals surface area (Å²) < 4.78 is 0. The zero-order valence-corrected chi connectivity index (χ0v) is 13.5. The number of likely N-dealkylation sites (N-methyl/N-ethyl adjacent to an activating group) is 1. The van der Waals surface area contributed by atoms with E-state index in [-0.39, 0.29) is 5.54 Å². The lowest BCUT2D eigenvalue weighted by atomic mass is 9.90. The van der Waals surface area contributed by atoms with Crippen molar-refractivity contribution >= 4 is 11.8 Å². The number of nitrogens with zero attached hydrogens (tertiary/aromatic N) is 1. The predicted octanol–water partition coefficient (Wildman–Crippen LogP) is 3.02. The van der Waals surface area contributed by atoms with Gasteiger partial charge in [-0.15, -0.1) is 0 Å². The number of aryl methyl sites for hydroxylation is 1. The highest BCUT2D eigenvalue weighted by Gasteiger charge is 2.30. The molecule has 0 radical (unpaired) electrons. The molecule has 0 aromatic heterocycles. The van der Waals surface area contributed by atoms with Crippen molar-refractivity contribution in [1.29, 1.82) is 0 Å². The van der Waals surface area contributed by atoms with Gasteiger partial charge in [-0.05, 0) is 45.6 Å². The molecule has 0 saturated carbocycles. The minimum atomic E-state index is 0.0744. The van der Waals surface area contributed by atoms with Gasteiger partial charge in [-0.2, -0.15) is 11.8 Å². The highest BCUT2D eigenvalue weighted by Crippen LogP contribution is 2.23. The fraction of sp³-hybridized carbons (Fsp3) is 0.625. The van der Waals surface area contributed by atoms with E-state index in [4.69, 9.17) is 5.73 Å². The molecule has 108 valence electrons. The molecule has 0 spiro atoms. The lowest BCUT2D eigenvalue weighted by Gasteiger charge is -2.42. The highest BCUT2D eigenvalue weighted by molar-refractivity contribution is 7.98. The van der Waals surface area contributed by atoms with Gasteiger partial charge in [0.05, 0.1) is 0 Å². The molecule has 0 heterocycles. The molecule has 1 aromatic carbocycles. The second-order valence-electron chi connectivity index (χ2n) is 5.60. The molecule has 0 aliphatic heterocycles. The van der Waals surface area contributed by atoms with E-state index in [1.165, 1.54) is 5.56 Å². The van der Waals surface area contributed by atoms with Crippen molar-refractivity contribution in [3.8, 4) is 0 Å². The molecule has 2 nitrogen and oxygen atoms in total. The first-order chi connectivity index (χ1) is 9.03. The number of benzene rings is 1. The van der Waals surface area contributed by atoms with Gasteiger partial charge in [-0.25, -0.2) is 0 Å². The van der Waals surface area contributed by atoms with Crippen LogP contribution in [0.15, 0.2) is 30.3 Å². The van der Waals surface area contributed by atoms with Crippen LogP contribution in [-0.4, -0.2) is 42.1 Å². The van der Waals surface area contributed by atoms with Crippen LogP contribution in [0.5, 0.6) is 0 Å². The summed E-state index contributed by atoms with van der Waals surface area (Å²) in [4.78, 5) is 2.45.